The molecule has 1 aromatic heterocycles. The average Bonchev–Trinajstić information content (AvgIpc) is 2.36. The van der Waals surface area contributed by atoms with E-state index >= 15 is 0 Å². The van der Waals surface area contributed by atoms with Crippen LogP contribution in [0.15, 0.2) is 6.07 Å². The molecule has 2 rings (SSSR count). The molecule has 1 N–H and O–H groups in total. The number of pyridine rings is 1. The zero-order chi connectivity index (χ0) is 15.6. The van der Waals surface area contributed by atoms with Gasteiger partial charge >= 0.3 is 0 Å². The number of nitrogens with zero attached hydrogens (tertiary/aromatic N) is 3. The van der Waals surface area contributed by atoms with Crippen molar-refractivity contribution in [2.75, 3.05) is 44.4 Å². The SMILES string of the molecule is CCNc1nc(N(C)CC2(N(C)C)CCC2)c(F)cc1F. The zero-order valence-corrected chi connectivity index (χ0v) is 13.2. The van der Waals surface area contributed by atoms with Crippen molar-refractivity contribution in [1.82, 2.24) is 9.88 Å². The Bertz CT molecular complexity index is 501. The highest BCUT2D eigenvalue weighted by molar-refractivity contribution is 5.49. The standard InChI is InChI=1S/C15H24F2N4/c1-5-18-13-11(16)9-12(17)14(19-13)21(4)10-15(20(2)3)7-6-8-15/h9H,5-8,10H2,1-4H3,(H,18,19). The van der Waals surface area contributed by atoms with Gasteiger partial charge < -0.3 is 15.1 Å². The number of rotatable bonds is 6. The molecule has 21 heavy (non-hydrogen) atoms. The fourth-order valence-corrected chi connectivity index (χ4v) is 2.86. The Balaban J connectivity index is 2.22. The second-order valence-corrected chi connectivity index (χ2v) is 5.98. The Morgan fingerprint density at radius 2 is 1.90 bits per heavy atom. The minimum absolute atomic E-state index is 0.0651. The molecule has 0 radical (unpaired) electrons. The van der Waals surface area contributed by atoms with E-state index in [1.807, 2.05) is 28.1 Å². The van der Waals surface area contributed by atoms with E-state index < -0.39 is 11.6 Å². The van der Waals surface area contributed by atoms with Crippen molar-refractivity contribution < 1.29 is 8.78 Å². The van der Waals surface area contributed by atoms with Gasteiger partial charge in [-0.2, -0.15) is 0 Å². The van der Waals surface area contributed by atoms with Gasteiger partial charge in [-0.15, -0.1) is 0 Å². The van der Waals surface area contributed by atoms with Crippen LogP contribution in [0.4, 0.5) is 20.4 Å². The van der Waals surface area contributed by atoms with E-state index in [0.717, 1.165) is 18.9 Å². The number of hydrogen-bond acceptors (Lipinski definition) is 4. The van der Waals surface area contributed by atoms with Crippen molar-refractivity contribution >= 4 is 11.6 Å². The summed E-state index contributed by atoms with van der Waals surface area (Å²) in [5.74, 6) is -0.976. The minimum Gasteiger partial charge on any atom is -0.368 e. The van der Waals surface area contributed by atoms with E-state index in [2.05, 4.69) is 15.2 Å². The second-order valence-electron chi connectivity index (χ2n) is 5.98. The predicted molar refractivity (Wildman–Crippen MR) is 81.9 cm³/mol. The lowest BCUT2D eigenvalue weighted by Gasteiger charge is -2.49. The molecule has 1 fully saturated rings. The van der Waals surface area contributed by atoms with Crippen LogP contribution in [0.2, 0.25) is 0 Å². The second kappa shape index (κ2) is 6.13. The van der Waals surface area contributed by atoms with Crippen LogP contribution in [0.1, 0.15) is 26.2 Å². The summed E-state index contributed by atoms with van der Waals surface area (Å²) < 4.78 is 27.7. The summed E-state index contributed by atoms with van der Waals surface area (Å²) >= 11 is 0. The molecule has 1 saturated carbocycles. The van der Waals surface area contributed by atoms with E-state index in [9.17, 15) is 8.78 Å². The van der Waals surface area contributed by atoms with Crippen LogP contribution in [0, 0.1) is 11.6 Å². The largest absolute Gasteiger partial charge is 0.368 e. The lowest BCUT2D eigenvalue weighted by Crippen LogP contribution is -2.57. The first-order valence-electron chi connectivity index (χ1n) is 7.38. The van der Waals surface area contributed by atoms with Gasteiger partial charge in [-0.3, -0.25) is 0 Å². The summed E-state index contributed by atoms with van der Waals surface area (Å²) in [4.78, 5) is 8.09. The van der Waals surface area contributed by atoms with Crippen LogP contribution >= 0.6 is 0 Å². The summed E-state index contributed by atoms with van der Waals surface area (Å²) in [5, 5.41) is 2.82. The van der Waals surface area contributed by atoms with Crippen LogP contribution in [0.25, 0.3) is 0 Å². The molecule has 0 amide bonds. The first-order valence-corrected chi connectivity index (χ1v) is 7.38. The number of hydrogen-bond donors (Lipinski definition) is 1. The lowest BCUT2D eigenvalue weighted by molar-refractivity contribution is 0.0680. The summed E-state index contributed by atoms with van der Waals surface area (Å²) in [6, 6.07) is 0.903. The Morgan fingerprint density at radius 3 is 2.38 bits per heavy atom. The first kappa shape index (κ1) is 15.9. The summed E-state index contributed by atoms with van der Waals surface area (Å²) in [6.07, 6.45) is 3.37. The van der Waals surface area contributed by atoms with Gasteiger partial charge in [0.05, 0.1) is 0 Å². The maximum atomic E-state index is 14.0. The van der Waals surface area contributed by atoms with Gasteiger partial charge in [-0.1, -0.05) is 0 Å². The maximum Gasteiger partial charge on any atom is 0.168 e. The number of aromatic nitrogens is 1. The van der Waals surface area contributed by atoms with Gasteiger partial charge in [0.15, 0.2) is 23.3 Å². The molecule has 0 aromatic carbocycles. The minimum atomic E-state index is -0.655. The fraction of sp³-hybridized carbons (Fsp3) is 0.667. The van der Waals surface area contributed by atoms with E-state index in [-0.39, 0.29) is 17.2 Å². The third-order valence-electron chi connectivity index (χ3n) is 4.38. The van der Waals surface area contributed by atoms with Crippen LogP contribution in [0.3, 0.4) is 0 Å². The molecule has 1 aliphatic carbocycles. The van der Waals surface area contributed by atoms with Crippen LogP contribution < -0.4 is 10.2 Å². The van der Waals surface area contributed by atoms with Gasteiger partial charge in [0.2, 0.25) is 0 Å². The number of halogens is 2. The molecule has 0 unspecified atom stereocenters. The van der Waals surface area contributed by atoms with Crippen molar-refractivity contribution in [3.8, 4) is 0 Å². The molecule has 0 atom stereocenters. The Labute approximate surface area is 125 Å². The monoisotopic (exact) mass is 298 g/mol. The number of anilines is 2. The molecular formula is C15H24F2N4. The van der Waals surface area contributed by atoms with Gasteiger partial charge in [-0.25, -0.2) is 13.8 Å². The Kier molecular flexibility index (Phi) is 4.66. The molecule has 4 nitrogen and oxygen atoms in total. The number of likely N-dealkylation sites (N-methyl/N-ethyl adjacent to an activating group) is 2. The van der Waals surface area contributed by atoms with Crippen molar-refractivity contribution in [3.05, 3.63) is 17.7 Å². The Morgan fingerprint density at radius 1 is 1.24 bits per heavy atom. The third-order valence-corrected chi connectivity index (χ3v) is 4.38. The molecule has 0 aliphatic heterocycles. The van der Waals surface area contributed by atoms with E-state index in [4.69, 9.17) is 0 Å². The van der Waals surface area contributed by atoms with Crippen LogP contribution in [0.5, 0.6) is 0 Å². The van der Waals surface area contributed by atoms with Gasteiger partial charge in [0.1, 0.15) is 0 Å². The molecule has 1 heterocycles. The molecule has 0 saturated heterocycles. The van der Waals surface area contributed by atoms with Gasteiger partial charge in [0, 0.05) is 31.7 Å². The number of nitrogens with one attached hydrogen (secondary N) is 1. The van der Waals surface area contributed by atoms with E-state index in [1.54, 1.807) is 4.90 Å². The predicted octanol–water partition coefficient (Wildman–Crippen LogP) is 2.71. The molecule has 6 heteroatoms. The summed E-state index contributed by atoms with van der Waals surface area (Å²) in [7, 11) is 5.90. The highest BCUT2D eigenvalue weighted by Crippen LogP contribution is 2.37. The summed E-state index contributed by atoms with van der Waals surface area (Å²) in [6.45, 7) is 3.07. The van der Waals surface area contributed by atoms with Crippen molar-refractivity contribution in [2.45, 2.75) is 31.7 Å². The quantitative estimate of drug-likeness (QED) is 0.875. The molecule has 118 valence electrons. The molecule has 1 aliphatic rings. The van der Waals surface area contributed by atoms with Crippen molar-refractivity contribution in [2.24, 2.45) is 0 Å². The zero-order valence-electron chi connectivity index (χ0n) is 13.2. The lowest BCUT2D eigenvalue weighted by atomic mass is 9.75. The van der Waals surface area contributed by atoms with Crippen molar-refractivity contribution in [1.29, 1.82) is 0 Å². The summed E-state index contributed by atoms with van der Waals surface area (Å²) in [5.41, 5.74) is 0.0651. The maximum absolute atomic E-state index is 14.0. The normalized spacial score (nSPS) is 16.7. The highest BCUT2D eigenvalue weighted by Gasteiger charge is 2.40. The Hall–Kier alpha value is -1.43. The van der Waals surface area contributed by atoms with Crippen molar-refractivity contribution in [3.63, 3.8) is 0 Å². The molecule has 1 aromatic rings. The van der Waals surface area contributed by atoms with Crippen LogP contribution in [-0.2, 0) is 0 Å². The average molecular weight is 298 g/mol. The molecule has 0 bridgehead atoms. The van der Waals surface area contributed by atoms with Gasteiger partial charge in [0.25, 0.3) is 0 Å². The van der Waals surface area contributed by atoms with E-state index in [1.165, 1.54) is 6.42 Å². The van der Waals surface area contributed by atoms with E-state index in [0.29, 0.717) is 13.1 Å². The topological polar surface area (TPSA) is 31.4 Å². The fourth-order valence-electron chi connectivity index (χ4n) is 2.86. The molecular weight excluding hydrogens is 274 g/mol. The third kappa shape index (κ3) is 3.10. The van der Waals surface area contributed by atoms with Gasteiger partial charge in [-0.05, 0) is 40.3 Å². The smallest absolute Gasteiger partial charge is 0.168 e. The first-order chi connectivity index (χ1) is 9.89. The molecule has 0 spiro atoms. The van der Waals surface area contributed by atoms with Crippen LogP contribution in [-0.4, -0.2) is 49.7 Å². The highest BCUT2D eigenvalue weighted by atomic mass is 19.1.